The first kappa shape index (κ1) is 22.6. The predicted molar refractivity (Wildman–Crippen MR) is 115 cm³/mol. The number of ether oxygens (including phenoxy) is 2. The van der Waals surface area contributed by atoms with Crippen LogP contribution in [0.1, 0.15) is 25.0 Å². The molecule has 2 aromatic rings. The third-order valence-electron chi connectivity index (χ3n) is 4.37. The Balaban J connectivity index is 1.89. The minimum atomic E-state index is -0.300. The number of likely N-dealkylation sites (N-methyl/N-ethyl adjacent to an activating group) is 1. The average Bonchev–Trinajstić information content (AvgIpc) is 2.67. The van der Waals surface area contributed by atoms with Crippen LogP contribution in [-0.2, 0) is 9.59 Å². The van der Waals surface area contributed by atoms with Crippen LogP contribution in [0.25, 0.3) is 0 Å². The highest BCUT2D eigenvalue weighted by Gasteiger charge is 2.12. The molecule has 2 amide bonds. The van der Waals surface area contributed by atoms with Gasteiger partial charge in [-0.05, 0) is 57.5 Å². The zero-order valence-corrected chi connectivity index (χ0v) is 18.0. The Labute approximate surface area is 176 Å². The first-order valence-electron chi connectivity index (χ1n) is 9.54. The van der Waals surface area contributed by atoms with Crippen LogP contribution in [0.3, 0.4) is 0 Å². The second-order valence-electron chi connectivity index (χ2n) is 6.61. The van der Waals surface area contributed by atoms with Gasteiger partial charge in [-0.1, -0.05) is 29.3 Å². The van der Waals surface area contributed by atoms with Gasteiger partial charge in [-0.15, -0.1) is 0 Å². The van der Waals surface area contributed by atoms with Gasteiger partial charge in [-0.25, -0.2) is 0 Å². The first-order valence-corrected chi connectivity index (χ1v) is 9.91. The Morgan fingerprint density at radius 1 is 0.966 bits per heavy atom. The van der Waals surface area contributed by atoms with Gasteiger partial charge in [0.15, 0.2) is 13.2 Å². The van der Waals surface area contributed by atoms with E-state index < -0.39 is 0 Å². The number of aryl methyl sites for hydroxylation is 2. The topological polar surface area (TPSA) is 67.9 Å². The number of anilines is 1. The minimum Gasteiger partial charge on any atom is -0.483 e. The van der Waals surface area contributed by atoms with Gasteiger partial charge in [-0.3, -0.25) is 9.59 Å². The zero-order chi connectivity index (χ0) is 21.4. The van der Waals surface area contributed by atoms with Crippen molar-refractivity contribution in [2.24, 2.45) is 0 Å². The van der Waals surface area contributed by atoms with Gasteiger partial charge in [0.25, 0.3) is 11.8 Å². The number of nitrogens with one attached hydrogen (secondary N) is 1. The van der Waals surface area contributed by atoms with Crippen molar-refractivity contribution in [3.8, 4) is 11.5 Å². The summed E-state index contributed by atoms with van der Waals surface area (Å²) in [7, 11) is 0. The van der Waals surface area contributed by atoms with Crippen LogP contribution in [0.4, 0.5) is 5.69 Å². The van der Waals surface area contributed by atoms with Crippen molar-refractivity contribution in [2.75, 3.05) is 31.6 Å². The van der Waals surface area contributed by atoms with Gasteiger partial charge in [0.1, 0.15) is 11.5 Å². The monoisotopic (exact) mass is 418 g/mol. The number of carbonyl (C=O) groups excluding carboxylic acids is 2. The molecular weight excluding hydrogens is 392 g/mol. The SMILES string of the molecule is CCN(CC)C(=O)COc1ccc(NC(=O)COc2ccc(C)cc2C)cc1Cl. The highest BCUT2D eigenvalue weighted by atomic mass is 35.5. The van der Waals surface area contributed by atoms with E-state index in [-0.39, 0.29) is 25.0 Å². The summed E-state index contributed by atoms with van der Waals surface area (Å²) >= 11 is 6.22. The number of benzene rings is 2. The molecule has 2 rings (SSSR count). The number of amides is 2. The molecule has 29 heavy (non-hydrogen) atoms. The number of rotatable bonds is 9. The van der Waals surface area contributed by atoms with Crippen molar-refractivity contribution >= 4 is 29.1 Å². The largest absolute Gasteiger partial charge is 0.483 e. The van der Waals surface area contributed by atoms with Crippen LogP contribution in [0.5, 0.6) is 11.5 Å². The standard InChI is InChI=1S/C22H27ClN2O4/c1-5-25(6-2)22(27)14-29-20-10-8-17(12-18(20)23)24-21(26)13-28-19-9-7-15(3)11-16(19)4/h7-12H,5-6,13-14H2,1-4H3,(H,24,26). The summed E-state index contributed by atoms with van der Waals surface area (Å²) in [5.41, 5.74) is 2.63. The molecule has 0 heterocycles. The molecule has 0 fully saturated rings. The fourth-order valence-electron chi connectivity index (χ4n) is 2.80. The van der Waals surface area contributed by atoms with Gasteiger partial charge in [0.2, 0.25) is 0 Å². The van der Waals surface area contributed by atoms with Gasteiger partial charge in [0.05, 0.1) is 5.02 Å². The molecule has 0 unspecified atom stereocenters. The van der Waals surface area contributed by atoms with Crippen molar-refractivity contribution in [1.82, 2.24) is 4.90 Å². The van der Waals surface area contributed by atoms with Crippen molar-refractivity contribution < 1.29 is 19.1 Å². The molecule has 1 N–H and O–H groups in total. The van der Waals surface area contributed by atoms with E-state index in [0.29, 0.717) is 35.3 Å². The highest BCUT2D eigenvalue weighted by molar-refractivity contribution is 6.32. The maximum absolute atomic E-state index is 12.2. The van der Waals surface area contributed by atoms with E-state index in [9.17, 15) is 9.59 Å². The molecule has 0 bridgehead atoms. The predicted octanol–water partition coefficient (Wildman–Crippen LogP) is 4.22. The molecule has 0 atom stereocenters. The lowest BCUT2D eigenvalue weighted by Crippen LogP contribution is -2.34. The Morgan fingerprint density at radius 2 is 1.62 bits per heavy atom. The number of hydrogen-bond acceptors (Lipinski definition) is 4. The maximum atomic E-state index is 12.2. The summed E-state index contributed by atoms with van der Waals surface area (Å²) in [4.78, 5) is 25.9. The summed E-state index contributed by atoms with van der Waals surface area (Å²) < 4.78 is 11.1. The van der Waals surface area contributed by atoms with E-state index >= 15 is 0 Å². The van der Waals surface area contributed by atoms with E-state index in [1.165, 1.54) is 0 Å². The maximum Gasteiger partial charge on any atom is 0.262 e. The second-order valence-corrected chi connectivity index (χ2v) is 7.01. The number of halogens is 1. The first-order chi connectivity index (χ1) is 13.8. The molecule has 0 saturated heterocycles. The van der Waals surface area contributed by atoms with E-state index in [2.05, 4.69) is 5.32 Å². The third-order valence-corrected chi connectivity index (χ3v) is 4.67. The Bertz CT molecular complexity index is 866. The van der Waals surface area contributed by atoms with E-state index in [4.69, 9.17) is 21.1 Å². The number of hydrogen-bond donors (Lipinski definition) is 1. The molecule has 7 heteroatoms. The van der Waals surface area contributed by atoms with E-state index in [1.54, 1.807) is 23.1 Å². The second kappa shape index (κ2) is 10.7. The molecule has 156 valence electrons. The molecular formula is C22H27ClN2O4. The normalized spacial score (nSPS) is 10.4. The van der Waals surface area contributed by atoms with Crippen LogP contribution in [0, 0.1) is 13.8 Å². The van der Waals surface area contributed by atoms with Crippen molar-refractivity contribution in [3.05, 3.63) is 52.5 Å². The third kappa shape index (κ3) is 6.68. The molecule has 0 aromatic heterocycles. The van der Waals surface area contributed by atoms with E-state index in [1.807, 2.05) is 45.9 Å². The number of carbonyl (C=O) groups is 2. The van der Waals surface area contributed by atoms with Crippen LogP contribution in [0.2, 0.25) is 5.02 Å². The van der Waals surface area contributed by atoms with Crippen molar-refractivity contribution in [3.63, 3.8) is 0 Å². The smallest absolute Gasteiger partial charge is 0.262 e. The lowest BCUT2D eigenvalue weighted by molar-refractivity contribution is -0.133. The molecule has 2 aromatic carbocycles. The average molecular weight is 419 g/mol. The molecule has 0 saturated carbocycles. The Hall–Kier alpha value is -2.73. The molecule has 0 aliphatic rings. The van der Waals surface area contributed by atoms with Crippen LogP contribution in [-0.4, -0.2) is 43.0 Å². The van der Waals surface area contributed by atoms with E-state index in [0.717, 1.165) is 11.1 Å². The summed E-state index contributed by atoms with van der Waals surface area (Å²) in [5.74, 6) is 0.653. The fourth-order valence-corrected chi connectivity index (χ4v) is 3.04. The Kier molecular flexibility index (Phi) is 8.34. The highest BCUT2D eigenvalue weighted by Crippen LogP contribution is 2.28. The van der Waals surface area contributed by atoms with Gasteiger partial charge < -0.3 is 19.7 Å². The number of nitrogens with zero attached hydrogens (tertiary/aromatic N) is 1. The zero-order valence-electron chi connectivity index (χ0n) is 17.3. The van der Waals surface area contributed by atoms with Crippen LogP contribution in [0.15, 0.2) is 36.4 Å². The summed E-state index contributed by atoms with van der Waals surface area (Å²) in [6.45, 7) is 8.81. The quantitative estimate of drug-likeness (QED) is 0.662. The molecule has 0 spiro atoms. The summed E-state index contributed by atoms with van der Waals surface area (Å²) in [6.07, 6.45) is 0. The van der Waals surface area contributed by atoms with Gasteiger partial charge in [-0.2, -0.15) is 0 Å². The van der Waals surface area contributed by atoms with Crippen LogP contribution < -0.4 is 14.8 Å². The van der Waals surface area contributed by atoms with Crippen LogP contribution >= 0.6 is 11.6 Å². The summed E-state index contributed by atoms with van der Waals surface area (Å²) in [6, 6.07) is 10.6. The van der Waals surface area contributed by atoms with Gasteiger partial charge >= 0.3 is 0 Å². The fraction of sp³-hybridized carbons (Fsp3) is 0.364. The van der Waals surface area contributed by atoms with Gasteiger partial charge in [0, 0.05) is 18.8 Å². The molecule has 0 aliphatic heterocycles. The van der Waals surface area contributed by atoms with Crippen molar-refractivity contribution in [2.45, 2.75) is 27.7 Å². The molecule has 6 nitrogen and oxygen atoms in total. The minimum absolute atomic E-state index is 0.0865. The lowest BCUT2D eigenvalue weighted by atomic mass is 10.1. The molecule has 0 radical (unpaired) electrons. The Morgan fingerprint density at radius 3 is 2.24 bits per heavy atom. The van der Waals surface area contributed by atoms with Crippen molar-refractivity contribution in [1.29, 1.82) is 0 Å². The summed E-state index contributed by atoms with van der Waals surface area (Å²) in [5, 5.41) is 3.04. The molecule has 0 aliphatic carbocycles. The lowest BCUT2D eigenvalue weighted by Gasteiger charge is -2.19.